The van der Waals surface area contributed by atoms with E-state index >= 15 is 0 Å². The van der Waals surface area contributed by atoms with Crippen molar-refractivity contribution in [3.63, 3.8) is 0 Å². The number of nitrogens with zero attached hydrogens (tertiary/aromatic N) is 3. The van der Waals surface area contributed by atoms with Gasteiger partial charge in [-0.1, -0.05) is 52.7 Å². The number of halogens is 2. The summed E-state index contributed by atoms with van der Waals surface area (Å²) in [6.45, 7) is 4.22. The average molecular weight is 499 g/mol. The lowest BCUT2D eigenvalue weighted by Gasteiger charge is -2.09. The maximum Gasteiger partial charge on any atom is 0.234 e. The number of amides is 1. The summed E-state index contributed by atoms with van der Waals surface area (Å²) in [7, 11) is -3.57. The highest BCUT2D eigenvalue weighted by Gasteiger charge is 2.21. The Bertz CT molecular complexity index is 1200. The topological polar surface area (TPSA) is 93.9 Å². The summed E-state index contributed by atoms with van der Waals surface area (Å²) < 4.78 is 27.2. The van der Waals surface area contributed by atoms with Crippen molar-refractivity contribution >= 4 is 56.4 Å². The smallest absolute Gasteiger partial charge is 0.234 e. The van der Waals surface area contributed by atoms with Gasteiger partial charge in [-0.2, -0.15) is 0 Å². The summed E-state index contributed by atoms with van der Waals surface area (Å²) in [5.41, 5.74) is 1.40. The lowest BCUT2D eigenvalue weighted by Crippen LogP contribution is -2.15. The number of hydrogen-bond acceptors (Lipinski definition) is 6. The molecular weight excluding hydrogens is 479 g/mol. The third-order valence-electron chi connectivity index (χ3n) is 4.34. The van der Waals surface area contributed by atoms with Crippen molar-refractivity contribution < 1.29 is 13.2 Å². The number of aromatic nitrogens is 3. The van der Waals surface area contributed by atoms with Crippen molar-refractivity contribution in [3.05, 3.63) is 63.9 Å². The molecule has 0 bridgehead atoms. The number of carbonyl (C=O) groups excluding carboxylic acids is 1. The van der Waals surface area contributed by atoms with Gasteiger partial charge in [0, 0.05) is 11.6 Å². The van der Waals surface area contributed by atoms with Crippen LogP contribution in [0.4, 0.5) is 5.69 Å². The van der Waals surface area contributed by atoms with E-state index in [1.54, 1.807) is 47.0 Å². The molecule has 1 heterocycles. The first-order valence-electron chi connectivity index (χ1n) is 9.29. The SMILES string of the molecule is CCn1c(CS(=O)(=O)c2ccc(C)cc2)nnc1SCC(=O)Nc1cc(Cl)ccc1Cl. The number of thioether (sulfide) groups is 1. The standard InChI is InChI=1S/C20H20Cl2N4O3S2/c1-3-26-18(12-31(28,29)15-7-4-13(2)5-8-15)24-25-20(26)30-11-19(27)23-17-10-14(21)6-9-16(17)22/h4-10H,3,11-12H2,1-2H3,(H,23,27). The molecule has 1 amide bonds. The second kappa shape index (κ2) is 10.0. The first kappa shape index (κ1) is 23.6. The zero-order valence-corrected chi connectivity index (χ0v) is 19.9. The van der Waals surface area contributed by atoms with Gasteiger partial charge in [0.2, 0.25) is 5.91 Å². The third kappa shape index (κ3) is 6.00. The molecule has 164 valence electrons. The zero-order valence-electron chi connectivity index (χ0n) is 16.8. The van der Waals surface area contributed by atoms with Crippen molar-refractivity contribution in [1.29, 1.82) is 0 Å². The predicted molar refractivity (Wildman–Crippen MR) is 124 cm³/mol. The molecule has 7 nitrogen and oxygen atoms in total. The monoisotopic (exact) mass is 498 g/mol. The van der Waals surface area contributed by atoms with Gasteiger partial charge in [-0.15, -0.1) is 10.2 Å². The van der Waals surface area contributed by atoms with Gasteiger partial charge in [0.1, 0.15) is 11.6 Å². The molecule has 0 aliphatic rings. The van der Waals surface area contributed by atoms with E-state index in [0.717, 1.165) is 17.3 Å². The minimum absolute atomic E-state index is 0.0473. The van der Waals surface area contributed by atoms with Crippen molar-refractivity contribution in [1.82, 2.24) is 14.8 Å². The summed E-state index contributed by atoms with van der Waals surface area (Å²) in [5.74, 6) is -0.203. The fourth-order valence-corrected chi connectivity index (χ4v) is 5.19. The van der Waals surface area contributed by atoms with Crippen LogP contribution in [-0.4, -0.2) is 34.8 Å². The molecule has 11 heteroatoms. The second-order valence-corrected chi connectivity index (χ2v) is 10.5. The molecule has 2 aromatic carbocycles. The van der Waals surface area contributed by atoms with Crippen molar-refractivity contribution in [3.8, 4) is 0 Å². The molecule has 0 atom stereocenters. The van der Waals surface area contributed by atoms with Crippen LogP contribution in [0.15, 0.2) is 52.5 Å². The molecule has 0 fully saturated rings. The highest BCUT2D eigenvalue weighted by molar-refractivity contribution is 7.99. The Hall–Kier alpha value is -2.07. The van der Waals surface area contributed by atoms with Crippen LogP contribution in [0.5, 0.6) is 0 Å². The molecule has 3 rings (SSSR count). The summed E-state index contributed by atoms with van der Waals surface area (Å²) in [5, 5.41) is 12.1. The molecule has 0 saturated carbocycles. The lowest BCUT2D eigenvalue weighted by atomic mass is 10.2. The van der Waals surface area contributed by atoms with Crippen LogP contribution in [0.1, 0.15) is 18.3 Å². The van der Waals surface area contributed by atoms with Crippen molar-refractivity contribution in [2.75, 3.05) is 11.1 Å². The highest BCUT2D eigenvalue weighted by atomic mass is 35.5. The van der Waals surface area contributed by atoms with Gasteiger partial charge in [-0.05, 0) is 44.2 Å². The Morgan fingerprint density at radius 3 is 2.52 bits per heavy atom. The molecular formula is C20H20Cl2N4O3S2. The van der Waals surface area contributed by atoms with Crippen LogP contribution in [0.3, 0.4) is 0 Å². The van der Waals surface area contributed by atoms with Gasteiger partial charge in [-0.3, -0.25) is 4.79 Å². The lowest BCUT2D eigenvalue weighted by molar-refractivity contribution is -0.113. The first-order valence-corrected chi connectivity index (χ1v) is 12.7. The Morgan fingerprint density at radius 1 is 1.13 bits per heavy atom. The number of sulfone groups is 1. The van der Waals surface area contributed by atoms with Gasteiger partial charge < -0.3 is 9.88 Å². The van der Waals surface area contributed by atoms with Gasteiger partial charge in [-0.25, -0.2) is 8.42 Å². The largest absolute Gasteiger partial charge is 0.324 e. The van der Waals surface area contributed by atoms with E-state index in [1.165, 1.54) is 0 Å². The number of carbonyl (C=O) groups is 1. The zero-order chi connectivity index (χ0) is 22.6. The van der Waals surface area contributed by atoms with E-state index in [1.807, 2.05) is 13.8 Å². The molecule has 0 aliphatic carbocycles. The number of nitrogens with one attached hydrogen (secondary N) is 1. The molecule has 0 radical (unpaired) electrons. The predicted octanol–water partition coefficient (Wildman–Crippen LogP) is 4.62. The van der Waals surface area contributed by atoms with E-state index in [-0.39, 0.29) is 22.3 Å². The Morgan fingerprint density at radius 2 is 1.84 bits per heavy atom. The molecule has 0 saturated heterocycles. The summed E-state index contributed by atoms with van der Waals surface area (Å²) in [6, 6.07) is 11.5. The Balaban J connectivity index is 1.69. The maximum absolute atomic E-state index is 12.7. The normalized spacial score (nSPS) is 11.5. The molecule has 1 aromatic heterocycles. The molecule has 0 spiro atoms. The second-order valence-electron chi connectivity index (χ2n) is 6.68. The third-order valence-corrected chi connectivity index (χ3v) is 7.50. The Labute approximate surface area is 195 Å². The van der Waals surface area contributed by atoms with Crippen molar-refractivity contribution in [2.45, 2.75) is 36.2 Å². The van der Waals surface area contributed by atoms with Gasteiger partial charge in [0.15, 0.2) is 15.0 Å². The molecule has 3 aromatic rings. The fraction of sp³-hybridized carbons (Fsp3) is 0.250. The van der Waals surface area contributed by atoms with E-state index in [4.69, 9.17) is 23.2 Å². The molecule has 0 aliphatic heterocycles. The minimum atomic E-state index is -3.57. The highest BCUT2D eigenvalue weighted by Crippen LogP contribution is 2.26. The van der Waals surface area contributed by atoms with Crippen LogP contribution in [0, 0.1) is 6.92 Å². The molecule has 1 N–H and O–H groups in total. The van der Waals surface area contributed by atoms with Crippen molar-refractivity contribution in [2.24, 2.45) is 0 Å². The van der Waals surface area contributed by atoms with E-state index in [9.17, 15) is 13.2 Å². The van der Waals surface area contributed by atoms with E-state index < -0.39 is 9.84 Å². The fourth-order valence-electron chi connectivity index (χ4n) is 2.76. The number of anilines is 1. The molecule has 31 heavy (non-hydrogen) atoms. The van der Waals surface area contributed by atoms with E-state index in [2.05, 4.69) is 15.5 Å². The number of hydrogen-bond donors (Lipinski definition) is 1. The maximum atomic E-state index is 12.7. The van der Waals surface area contributed by atoms with Gasteiger partial charge in [0.25, 0.3) is 0 Å². The van der Waals surface area contributed by atoms with Crippen LogP contribution < -0.4 is 5.32 Å². The first-order chi connectivity index (χ1) is 14.7. The summed E-state index contributed by atoms with van der Waals surface area (Å²) in [4.78, 5) is 12.5. The number of rotatable bonds is 8. The summed E-state index contributed by atoms with van der Waals surface area (Å²) in [6.07, 6.45) is 0. The summed E-state index contributed by atoms with van der Waals surface area (Å²) >= 11 is 13.2. The van der Waals surface area contributed by atoms with E-state index in [0.29, 0.717) is 33.3 Å². The van der Waals surface area contributed by atoms with Crippen LogP contribution in [-0.2, 0) is 26.9 Å². The van der Waals surface area contributed by atoms with Crippen LogP contribution >= 0.6 is 35.0 Å². The van der Waals surface area contributed by atoms with Gasteiger partial charge >= 0.3 is 0 Å². The Kier molecular flexibility index (Phi) is 7.64. The van der Waals surface area contributed by atoms with Crippen LogP contribution in [0.25, 0.3) is 0 Å². The number of benzene rings is 2. The quantitative estimate of drug-likeness (QED) is 0.455. The van der Waals surface area contributed by atoms with Crippen LogP contribution in [0.2, 0.25) is 10.0 Å². The van der Waals surface area contributed by atoms with Gasteiger partial charge in [0.05, 0.1) is 21.4 Å². The number of aryl methyl sites for hydroxylation is 1. The molecule has 0 unspecified atom stereocenters. The average Bonchev–Trinajstić information content (AvgIpc) is 3.10. The minimum Gasteiger partial charge on any atom is -0.324 e.